The second kappa shape index (κ2) is 4.26. The van der Waals surface area contributed by atoms with E-state index in [1.165, 1.54) is 4.90 Å². The van der Waals surface area contributed by atoms with Gasteiger partial charge in [0.1, 0.15) is 0 Å². The Kier molecular flexibility index (Phi) is 3.24. The van der Waals surface area contributed by atoms with Gasteiger partial charge in [0.05, 0.1) is 0 Å². The standard InChI is InChI=1S/C12H15NO2/c1-8-5-6-10(7-9(8)2)11(14)12(15)13(3)4/h5-7H,1-4H3. The van der Waals surface area contributed by atoms with Crippen molar-refractivity contribution >= 4 is 11.7 Å². The average Bonchev–Trinajstić information content (AvgIpc) is 2.19. The maximum absolute atomic E-state index is 11.7. The van der Waals surface area contributed by atoms with Crippen molar-refractivity contribution in [3.63, 3.8) is 0 Å². The fourth-order valence-corrected chi connectivity index (χ4v) is 1.21. The van der Waals surface area contributed by atoms with Crippen LogP contribution in [0.4, 0.5) is 0 Å². The Morgan fingerprint density at radius 1 is 1.07 bits per heavy atom. The quantitative estimate of drug-likeness (QED) is 0.543. The second-order valence-corrected chi connectivity index (χ2v) is 3.83. The third-order valence-corrected chi connectivity index (χ3v) is 2.37. The first kappa shape index (κ1) is 11.4. The van der Waals surface area contributed by atoms with Crippen molar-refractivity contribution in [3.8, 4) is 0 Å². The summed E-state index contributed by atoms with van der Waals surface area (Å²) < 4.78 is 0. The highest BCUT2D eigenvalue weighted by atomic mass is 16.2. The lowest BCUT2D eigenvalue weighted by Crippen LogP contribution is -2.29. The zero-order valence-corrected chi connectivity index (χ0v) is 9.50. The Hall–Kier alpha value is -1.64. The van der Waals surface area contributed by atoms with Crippen LogP contribution >= 0.6 is 0 Å². The molecule has 0 aliphatic rings. The van der Waals surface area contributed by atoms with Crippen LogP contribution in [0.15, 0.2) is 18.2 Å². The normalized spacial score (nSPS) is 9.87. The number of carbonyl (C=O) groups is 2. The predicted octanol–water partition coefficient (Wildman–Crippen LogP) is 1.57. The van der Waals surface area contributed by atoms with Crippen LogP contribution in [0.25, 0.3) is 0 Å². The molecule has 0 bridgehead atoms. The molecular formula is C12H15NO2. The monoisotopic (exact) mass is 205 g/mol. The molecule has 0 heterocycles. The summed E-state index contributed by atoms with van der Waals surface area (Å²) in [5.41, 5.74) is 2.59. The van der Waals surface area contributed by atoms with E-state index in [9.17, 15) is 9.59 Å². The molecule has 0 radical (unpaired) electrons. The molecule has 0 atom stereocenters. The summed E-state index contributed by atoms with van der Waals surface area (Å²) in [5.74, 6) is -0.943. The van der Waals surface area contributed by atoms with Crippen LogP contribution in [0, 0.1) is 13.8 Å². The van der Waals surface area contributed by atoms with Crippen LogP contribution < -0.4 is 0 Å². The second-order valence-electron chi connectivity index (χ2n) is 3.83. The zero-order valence-electron chi connectivity index (χ0n) is 9.50. The molecule has 0 aromatic heterocycles. The largest absolute Gasteiger partial charge is 0.342 e. The van der Waals surface area contributed by atoms with Crippen molar-refractivity contribution < 1.29 is 9.59 Å². The van der Waals surface area contributed by atoms with Gasteiger partial charge in [-0.15, -0.1) is 0 Å². The number of aryl methyl sites for hydroxylation is 2. The Morgan fingerprint density at radius 3 is 2.13 bits per heavy atom. The van der Waals surface area contributed by atoms with E-state index in [1.54, 1.807) is 26.2 Å². The SMILES string of the molecule is Cc1ccc(C(=O)C(=O)N(C)C)cc1C. The van der Waals surface area contributed by atoms with E-state index in [0.717, 1.165) is 11.1 Å². The molecule has 0 fully saturated rings. The van der Waals surface area contributed by atoms with Gasteiger partial charge in [0, 0.05) is 19.7 Å². The number of hydrogen-bond donors (Lipinski definition) is 0. The van der Waals surface area contributed by atoms with Gasteiger partial charge >= 0.3 is 0 Å². The maximum Gasteiger partial charge on any atom is 0.294 e. The van der Waals surface area contributed by atoms with Gasteiger partial charge in [-0.05, 0) is 31.0 Å². The third-order valence-electron chi connectivity index (χ3n) is 2.37. The van der Waals surface area contributed by atoms with E-state index >= 15 is 0 Å². The molecule has 0 aliphatic heterocycles. The minimum absolute atomic E-state index is 0.455. The maximum atomic E-state index is 11.7. The van der Waals surface area contributed by atoms with Gasteiger partial charge in [-0.1, -0.05) is 12.1 Å². The number of Topliss-reactive ketones (excluding diaryl/α,β-unsaturated/α-hetero) is 1. The Morgan fingerprint density at radius 2 is 1.67 bits per heavy atom. The van der Waals surface area contributed by atoms with Crippen molar-refractivity contribution in [2.45, 2.75) is 13.8 Å². The number of carbonyl (C=O) groups excluding carboxylic acids is 2. The molecule has 0 aliphatic carbocycles. The number of amides is 1. The van der Waals surface area contributed by atoms with Gasteiger partial charge < -0.3 is 4.90 Å². The summed E-state index contributed by atoms with van der Waals surface area (Å²) in [6.07, 6.45) is 0. The van der Waals surface area contributed by atoms with Gasteiger partial charge in [-0.2, -0.15) is 0 Å². The van der Waals surface area contributed by atoms with Crippen molar-refractivity contribution in [1.82, 2.24) is 4.90 Å². The van der Waals surface area contributed by atoms with Gasteiger partial charge in [-0.25, -0.2) is 0 Å². The Balaban J connectivity index is 3.02. The highest BCUT2D eigenvalue weighted by molar-refractivity contribution is 6.42. The number of rotatable bonds is 2. The molecule has 0 saturated heterocycles. The van der Waals surface area contributed by atoms with Crippen LogP contribution in [0.3, 0.4) is 0 Å². The molecule has 15 heavy (non-hydrogen) atoms. The summed E-state index contributed by atoms with van der Waals surface area (Å²) in [6, 6.07) is 5.29. The number of nitrogens with zero attached hydrogens (tertiary/aromatic N) is 1. The van der Waals surface area contributed by atoms with Crippen LogP contribution in [-0.4, -0.2) is 30.7 Å². The topological polar surface area (TPSA) is 37.4 Å². The summed E-state index contributed by atoms with van der Waals surface area (Å²) in [4.78, 5) is 24.4. The fourth-order valence-electron chi connectivity index (χ4n) is 1.21. The highest BCUT2D eigenvalue weighted by Gasteiger charge is 2.17. The molecule has 0 spiro atoms. The lowest BCUT2D eigenvalue weighted by molar-refractivity contribution is -0.124. The first-order chi connectivity index (χ1) is 6.93. The summed E-state index contributed by atoms with van der Waals surface area (Å²) in [6.45, 7) is 3.89. The molecule has 0 unspecified atom stereocenters. The van der Waals surface area contributed by atoms with Gasteiger partial charge in [-0.3, -0.25) is 9.59 Å². The molecule has 1 rings (SSSR count). The Bertz CT molecular complexity index is 408. The van der Waals surface area contributed by atoms with Gasteiger partial charge in [0.15, 0.2) is 0 Å². The summed E-state index contributed by atoms with van der Waals surface area (Å²) in [5, 5.41) is 0. The molecule has 0 N–H and O–H groups in total. The molecule has 1 aromatic carbocycles. The molecule has 0 saturated carbocycles. The number of ketones is 1. The van der Waals surface area contributed by atoms with Crippen LogP contribution in [0.2, 0.25) is 0 Å². The Labute approximate surface area is 89.7 Å². The summed E-state index contributed by atoms with van der Waals surface area (Å²) in [7, 11) is 3.14. The summed E-state index contributed by atoms with van der Waals surface area (Å²) >= 11 is 0. The first-order valence-electron chi connectivity index (χ1n) is 4.76. The van der Waals surface area contributed by atoms with E-state index in [2.05, 4.69) is 0 Å². The lowest BCUT2D eigenvalue weighted by atomic mass is 10.0. The lowest BCUT2D eigenvalue weighted by Gasteiger charge is -2.09. The molecule has 1 aromatic rings. The number of hydrogen-bond acceptors (Lipinski definition) is 2. The van der Waals surface area contributed by atoms with E-state index in [4.69, 9.17) is 0 Å². The van der Waals surface area contributed by atoms with E-state index in [0.29, 0.717) is 5.56 Å². The smallest absolute Gasteiger partial charge is 0.294 e. The van der Waals surface area contributed by atoms with Crippen molar-refractivity contribution in [2.24, 2.45) is 0 Å². The fraction of sp³-hybridized carbons (Fsp3) is 0.333. The molecule has 3 nitrogen and oxygen atoms in total. The minimum Gasteiger partial charge on any atom is -0.342 e. The molecule has 3 heteroatoms. The highest BCUT2D eigenvalue weighted by Crippen LogP contribution is 2.10. The molecular weight excluding hydrogens is 190 g/mol. The first-order valence-corrected chi connectivity index (χ1v) is 4.76. The minimum atomic E-state index is -0.488. The zero-order chi connectivity index (χ0) is 11.6. The third kappa shape index (κ3) is 2.43. The van der Waals surface area contributed by atoms with Crippen molar-refractivity contribution in [3.05, 3.63) is 34.9 Å². The van der Waals surface area contributed by atoms with E-state index in [1.807, 2.05) is 19.9 Å². The van der Waals surface area contributed by atoms with E-state index < -0.39 is 11.7 Å². The average molecular weight is 205 g/mol. The van der Waals surface area contributed by atoms with Crippen LogP contribution in [-0.2, 0) is 4.79 Å². The van der Waals surface area contributed by atoms with Crippen molar-refractivity contribution in [1.29, 1.82) is 0 Å². The van der Waals surface area contributed by atoms with Crippen LogP contribution in [0.5, 0.6) is 0 Å². The molecule has 80 valence electrons. The predicted molar refractivity (Wildman–Crippen MR) is 58.9 cm³/mol. The number of likely N-dealkylation sites (N-methyl/N-ethyl adjacent to an activating group) is 1. The van der Waals surface area contributed by atoms with Gasteiger partial charge in [0.2, 0.25) is 5.78 Å². The number of benzene rings is 1. The van der Waals surface area contributed by atoms with E-state index in [-0.39, 0.29) is 0 Å². The van der Waals surface area contributed by atoms with Crippen LogP contribution in [0.1, 0.15) is 21.5 Å². The molecule has 1 amide bonds. The van der Waals surface area contributed by atoms with Gasteiger partial charge in [0.25, 0.3) is 5.91 Å². The van der Waals surface area contributed by atoms with Crippen molar-refractivity contribution in [2.75, 3.05) is 14.1 Å².